The average Bonchev–Trinajstić information content (AvgIpc) is 2.55. The predicted molar refractivity (Wildman–Crippen MR) is 89.4 cm³/mol. The number of ether oxygens (including phenoxy) is 1. The van der Waals surface area contributed by atoms with Gasteiger partial charge in [0.15, 0.2) is 0 Å². The maximum atomic E-state index is 13.0. The second-order valence-electron chi connectivity index (χ2n) is 5.84. The van der Waals surface area contributed by atoms with Gasteiger partial charge in [-0.25, -0.2) is 17.9 Å². The van der Waals surface area contributed by atoms with Gasteiger partial charge in [0.05, 0.1) is 10.4 Å². The van der Waals surface area contributed by atoms with Crippen LogP contribution in [0.25, 0.3) is 0 Å². The fourth-order valence-electron chi connectivity index (χ4n) is 2.17. The number of hydrogen-bond donors (Lipinski definition) is 2. The maximum Gasteiger partial charge on any atom is 0.378 e. The van der Waals surface area contributed by atoms with Crippen molar-refractivity contribution in [3.8, 4) is 5.75 Å². The Kier molecular flexibility index (Phi) is 5.44. The van der Waals surface area contributed by atoms with Crippen LogP contribution in [0.1, 0.15) is 19.4 Å². The molecule has 0 bridgehead atoms. The van der Waals surface area contributed by atoms with Gasteiger partial charge in [0.2, 0.25) is 10.0 Å². The zero-order valence-electron chi connectivity index (χ0n) is 13.6. The Balaban J connectivity index is 2.18. The third kappa shape index (κ3) is 4.77. The fraction of sp³-hybridized carbons (Fsp3) is 0.235. The van der Waals surface area contributed by atoms with Crippen LogP contribution >= 0.6 is 0 Å². The zero-order chi connectivity index (χ0) is 18.7. The summed E-state index contributed by atoms with van der Waals surface area (Å²) in [6.07, 6.45) is -2.46. The molecule has 0 saturated carbocycles. The fourth-order valence-corrected chi connectivity index (χ4v) is 3.60. The average molecular weight is 367 g/mol. The molecule has 0 radical (unpaired) electrons. The molecule has 8 heteroatoms. The topological polar surface area (TPSA) is 92.7 Å². The van der Waals surface area contributed by atoms with Crippen molar-refractivity contribution in [1.82, 2.24) is 4.72 Å². The van der Waals surface area contributed by atoms with Crippen LogP contribution in [0.5, 0.6) is 5.75 Å². The number of halogens is 1. The van der Waals surface area contributed by atoms with Gasteiger partial charge in [-0.3, -0.25) is 0 Å². The minimum Gasteiger partial charge on any atom is -0.476 e. The third-order valence-corrected chi connectivity index (χ3v) is 5.12. The first-order valence-corrected chi connectivity index (χ1v) is 8.83. The van der Waals surface area contributed by atoms with E-state index < -0.39 is 27.9 Å². The smallest absolute Gasteiger partial charge is 0.378 e. The maximum absolute atomic E-state index is 13.0. The van der Waals surface area contributed by atoms with E-state index in [1.807, 2.05) is 0 Å². The highest BCUT2D eigenvalue weighted by molar-refractivity contribution is 7.89. The summed E-state index contributed by atoms with van der Waals surface area (Å²) < 4.78 is 45.2. The van der Waals surface area contributed by atoms with E-state index in [1.165, 1.54) is 36.4 Å². The van der Waals surface area contributed by atoms with E-state index in [4.69, 9.17) is 5.11 Å². The molecule has 0 aliphatic heterocycles. The number of carboxylic acid groups (broad SMARTS) is 1. The van der Waals surface area contributed by atoms with Gasteiger partial charge < -0.3 is 9.84 Å². The van der Waals surface area contributed by atoms with Crippen LogP contribution < -0.4 is 9.46 Å². The molecule has 0 saturated heterocycles. The minimum absolute atomic E-state index is 0.0281. The molecule has 0 heterocycles. The second-order valence-corrected chi connectivity index (χ2v) is 7.52. The molecule has 0 amide bonds. The van der Waals surface area contributed by atoms with E-state index in [0.717, 1.165) is 0 Å². The summed E-state index contributed by atoms with van der Waals surface area (Å²) in [6.45, 7) is 3.36. The summed E-state index contributed by atoms with van der Waals surface area (Å²) in [5, 5.41) is 8.49. The Bertz CT molecular complexity index is 835. The molecule has 2 aromatic carbocycles. The summed E-state index contributed by atoms with van der Waals surface area (Å²) in [7, 11) is -3.73. The Morgan fingerprint density at radius 3 is 2.20 bits per heavy atom. The molecule has 2 rings (SSSR count). The molecule has 0 aliphatic carbocycles. The minimum atomic E-state index is -3.73. The van der Waals surface area contributed by atoms with Crippen molar-refractivity contribution in [2.45, 2.75) is 30.6 Å². The van der Waals surface area contributed by atoms with Crippen LogP contribution in [-0.4, -0.2) is 25.9 Å². The summed E-state index contributed by atoms with van der Waals surface area (Å²) in [5.41, 5.74) is -0.347. The van der Waals surface area contributed by atoms with Gasteiger partial charge in [-0.05, 0) is 43.7 Å². The van der Waals surface area contributed by atoms with E-state index in [1.54, 1.807) is 32.0 Å². The van der Waals surface area contributed by atoms with Crippen LogP contribution in [0.4, 0.5) is 4.39 Å². The summed E-state index contributed by atoms with van der Waals surface area (Å²) in [4.78, 5) is 10.6. The highest BCUT2D eigenvalue weighted by Gasteiger charge is 2.28. The van der Waals surface area contributed by atoms with E-state index in [9.17, 15) is 17.6 Å². The van der Waals surface area contributed by atoms with Gasteiger partial charge in [0, 0.05) is 0 Å². The Hall–Kier alpha value is -2.45. The number of benzene rings is 2. The second kappa shape index (κ2) is 7.20. The van der Waals surface area contributed by atoms with Crippen molar-refractivity contribution >= 4 is 16.0 Å². The molecule has 25 heavy (non-hydrogen) atoms. The standard InChI is InChI=1S/C17H18FNO5S/c1-17(2,19-25(22,23)14-6-4-3-5-7-14)12-8-10-13(11-9-12)24-15(18)16(20)21/h3-11,15,19H,1-2H3,(H,20,21). The van der Waals surface area contributed by atoms with Crippen LogP contribution in [0.3, 0.4) is 0 Å². The molecule has 134 valence electrons. The Morgan fingerprint density at radius 2 is 1.68 bits per heavy atom. The summed E-state index contributed by atoms with van der Waals surface area (Å²) >= 11 is 0. The Labute approximate surface area is 145 Å². The number of alkyl halides is 1. The van der Waals surface area contributed by atoms with Gasteiger partial charge in [0.25, 0.3) is 0 Å². The van der Waals surface area contributed by atoms with Gasteiger partial charge in [-0.2, -0.15) is 4.39 Å². The zero-order valence-corrected chi connectivity index (χ0v) is 14.5. The largest absolute Gasteiger partial charge is 0.476 e. The normalized spacial score (nSPS) is 13.2. The molecule has 1 unspecified atom stereocenters. The lowest BCUT2D eigenvalue weighted by molar-refractivity contribution is -0.153. The van der Waals surface area contributed by atoms with Crippen molar-refractivity contribution in [2.75, 3.05) is 0 Å². The Morgan fingerprint density at radius 1 is 1.12 bits per heavy atom. The molecule has 1 atom stereocenters. The van der Waals surface area contributed by atoms with E-state index >= 15 is 0 Å². The lowest BCUT2D eigenvalue weighted by Gasteiger charge is -2.27. The molecule has 2 N–H and O–H groups in total. The molecule has 0 fully saturated rings. The van der Waals surface area contributed by atoms with E-state index in [-0.39, 0.29) is 10.6 Å². The van der Waals surface area contributed by atoms with Gasteiger partial charge >= 0.3 is 12.3 Å². The SMILES string of the molecule is CC(C)(NS(=O)(=O)c1ccccc1)c1ccc(OC(F)C(=O)O)cc1. The van der Waals surface area contributed by atoms with Crippen molar-refractivity contribution in [2.24, 2.45) is 0 Å². The first kappa shape index (κ1) is 18.9. The number of nitrogens with one attached hydrogen (secondary N) is 1. The lowest BCUT2D eigenvalue weighted by atomic mass is 9.96. The summed E-state index contributed by atoms with van der Waals surface area (Å²) in [6, 6.07) is 13.8. The molecule has 0 aromatic heterocycles. The third-order valence-electron chi connectivity index (χ3n) is 3.45. The van der Waals surface area contributed by atoms with Crippen LogP contribution in [0, 0.1) is 0 Å². The number of rotatable bonds is 7. The molecule has 0 spiro atoms. The van der Waals surface area contributed by atoms with E-state index in [2.05, 4.69) is 9.46 Å². The molecular formula is C17H18FNO5S. The van der Waals surface area contributed by atoms with Crippen LogP contribution in [0.15, 0.2) is 59.5 Å². The number of hydrogen-bond acceptors (Lipinski definition) is 4. The van der Waals surface area contributed by atoms with Crippen molar-refractivity contribution < 1.29 is 27.4 Å². The molecular weight excluding hydrogens is 349 g/mol. The van der Waals surface area contributed by atoms with Gasteiger partial charge in [0.1, 0.15) is 5.75 Å². The van der Waals surface area contributed by atoms with Crippen LogP contribution in [-0.2, 0) is 20.4 Å². The number of sulfonamides is 1. The lowest BCUT2D eigenvalue weighted by Crippen LogP contribution is -2.40. The van der Waals surface area contributed by atoms with Crippen LogP contribution in [0.2, 0.25) is 0 Å². The van der Waals surface area contributed by atoms with E-state index in [0.29, 0.717) is 5.56 Å². The molecule has 0 aliphatic rings. The highest BCUT2D eigenvalue weighted by atomic mass is 32.2. The predicted octanol–water partition coefficient (Wildman–Crippen LogP) is 2.66. The molecule has 6 nitrogen and oxygen atoms in total. The monoisotopic (exact) mass is 367 g/mol. The van der Waals surface area contributed by atoms with Gasteiger partial charge in [-0.1, -0.05) is 30.3 Å². The van der Waals surface area contributed by atoms with Crippen molar-refractivity contribution in [3.63, 3.8) is 0 Å². The number of carbonyl (C=O) groups is 1. The molecule has 2 aromatic rings. The van der Waals surface area contributed by atoms with Gasteiger partial charge in [-0.15, -0.1) is 0 Å². The van der Waals surface area contributed by atoms with Crippen molar-refractivity contribution in [3.05, 3.63) is 60.2 Å². The van der Waals surface area contributed by atoms with Crippen molar-refractivity contribution in [1.29, 1.82) is 0 Å². The quantitative estimate of drug-likeness (QED) is 0.785. The number of aliphatic carboxylic acids is 1. The number of carboxylic acids is 1. The first-order valence-electron chi connectivity index (χ1n) is 7.35. The first-order chi connectivity index (χ1) is 11.6. The highest BCUT2D eigenvalue weighted by Crippen LogP contribution is 2.25. The summed E-state index contributed by atoms with van der Waals surface area (Å²) in [5.74, 6) is -1.69.